The molecule has 1 saturated heterocycles. The summed E-state index contributed by atoms with van der Waals surface area (Å²) in [5, 5.41) is 11.4. The van der Waals surface area contributed by atoms with Crippen LogP contribution in [0.25, 0.3) is 0 Å². The van der Waals surface area contributed by atoms with E-state index in [-0.39, 0.29) is 12.6 Å². The Hall–Kier alpha value is -0.420. The van der Waals surface area contributed by atoms with Gasteiger partial charge in [0.25, 0.3) is 0 Å². The Balaban J connectivity index is 2.04. The summed E-state index contributed by atoms with van der Waals surface area (Å²) in [6.07, 6.45) is 0. The topological polar surface area (TPSA) is 32.7 Å². The summed E-state index contributed by atoms with van der Waals surface area (Å²) in [7, 11) is 0. The first-order valence-electron chi connectivity index (χ1n) is 4.88. The monoisotopic (exact) mass is 213 g/mol. The van der Waals surface area contributed by atoms with E-state index in [1.54, 1.807) is 11.3 Å². The number of aliphatic hydroxyl groups is 1. The molecule has 0 radical (unpaired) electrons. The number of ether oxygens (including phenoxy) is 1. The molecule has 3 nitrogen and oxygen atoms in total. The highest BCUT2D eigenvalue weighted by atomic mass is 32.1. The number of hydrogen-bond acceptors (Lipinski definition) is 4. The van der Waals surface area contributed by atoms with Gasteiger partial charge in [-0.05, 0) is 11.4 Å². The number of rotatable bonds is 3. The van der Waals surface area contributed by atoms with Gasteiger partial charge in [-0.25, -0.2) is 0 Å². The third-order valence-electron chi connectivity index (χ3n) is 2.53. The molecule has 1 aromatic heterocycles. The average Bonchev–Trinajstić information content (AvgIpc) is 2.74. The van der Waals surface area contributed by atoms with Crippen molar-refractivity contribution in [1.82, 2.24) is 4.90 Å². The molecule has 0 aromatic carbocycles. The molecule has 0 unspecified atom stereocenters. The Morgan fingerprint density at radius 3 is 2.86 bits per heavy atom. The average molecular weight is 213 g/mol. The van der Waals surface area contributed by atoms with Gasteiger partial charge in [-0.1, -0.05) is 6.07 Å². The Morgan fingerprint density at radius 2 is 2.29 bits per heavy atom. The summed E-state index contributed by atoms with van der Waals surface area (Å²) < 4.78 is 5.29. The smallest absolute Gasteiger partial charge is 0.0676 e. The quantitative estimate of drug-likeness (QED) is 0.816. The first-order chi connectivity index (χ1) is 6.92. The maximum Gasteiger partial charge on any atom is 0.0676 e. The minimum absolute atomic E-state index is 0.166. The Morgan fingerprint density at radius 1 is 1.50 bits per heavy atom. The zero-order valence-electron chi connectivity index (χ0n) is 8.06. The SMILES string of the molecule is OC[C@H](c1cccs1)N1CCOCC1. The Kier molecular flexibility index (Phi) is 3.53. The van der Waals surface area contributed by atoms with Crippen molar-refractivity contribution in [3.05, 3.63) is 22.4 Å². The molecule has 2 rings (SSSR count). The van der Waals surface area contributed by atoms with Crippen LogP contribution in [0.1, 0.15) is 10.9 Å². The largest absolute Gasteiger partial charge is 0.394 e. The molecule has 0 spiro atoms. The highest BCUT2D eigenvalue weighted by Crippen LogP contribution is 2.25. The molecule has 1 aromatic rings. The van der Waals surface area contributed by atoms with Crippen molar-refractivity contribution in [2.75, 3.05) is 32.9 Å². The van der Waals surface area contributed by atoms with Gasteiger partial charge in [0, 0.05) is 18.0 Å². The molecule has 0 saturated carbocycles. The highest BCUT2D eigenvalue weighted by molar-refractivity contribution is 7.10. The summed E-state index contributed by atoms with van der Waals surface area (Å²) in [4.78, 5) is 3.53. The van der Waals surface area contributed by atoms with E-state index in [2.05, 4.69) is 16.3 Å². The molecule has 0 aliphatic carbocycles. The lowest BCUT2D eigenvalue weighted by Crippen LogP contribution is -2.40. The van der Waals surface area contributed by atoms with Crippen LogP contribution in [0.5, 0.6) is 0 Å². The molecular formula is C10H15NO2S. The van der Waals surface area contributed by atoms with Crippen LogP contribution in [-0.2, 0) is 4.74 Å². The fourth-order valence-corrected chi connectivity index (χ4v) is 2.61. The molecule has 4 heteroatoms. The van der Waals surface area contributed by atoms with Gasteiger partial charge in [-0.2, -0.15) is 0 Å². The number of nitrogens with zero attached hydrogens (tertiary/aromatic N) is 1. The predicted octanol–water partition coefficient (Wildman–Crippen LogP) is 1.11. The van der Waals surface area contributed by atoms with E-state index in [1.165, 1.54) is 4.88 Å². The van der Waals surface area contributed by atoms with Crippen molar-refractivity contribution < 1.29 is 9.84 Å². The van der Waals surface area contributed by atoms with E-state index in [9.17, 15) is 5.11 Å². The van der Waals surface area contributed by atoms with Gasteiger partial charge in [0.1, 0.15) is 0 Å². The summed E-state index contributed by atoms with van der Waals surface area (Å²) >= 11 is 1.71. The van der Waals surface area contributed by atoms with Crippen LogP contribution in [0.4, 0.5) is 0 Å². The first-order valence-corrected chi connectivity index (χ1v) is 5.76. The standard InChI is InChI=1S/C10H15NO2S/c12-8-9(10-2-1-7-14-10)11-3-5-13-6-4-11/h1-2,7,9,12H,3-6,8H2/t9-/m1/s1. The number of aliphatic hydroxyl groups excluding tert-OH is 1. The molecular weight excluding hydrogens is 198 g/mol. The lowest BCUT2D eigenvalue weighted by Gasteiger charge is -2.32. The Labute approximate surface area is 87.9 Å². The van der Waals surface area contributed by atoms with Crippen LogP contribution < -0.4 is 0 Å². The van der Waals surface area contributed by atoms with Crippen molar-refractivity contribution in [3.63, 3.8) is 0 Å². The van der Waals surface area contributed by atoms with Crippen LogP contribution in [0.15, 0.2) is 17.5 Å². The van der Waals surface area contributed by atoms with Gasteiger partial charge >= 0.3 is 0 Å². The van der Waals surface area contributed by atoms with Gasteiger partial charge in [-0.3, -0.25) is 4.90 Å². The van der Waals surface area contributed by atoms with Gasteiger partial charge in [0.15, 0.2) is 0 Å². The summed E-state index contributed by atoms with van der Waals surface area (Å²) in [5.41, 5.74) is 0. The maximum absolute atomic E-state index is 9.37. The van der Waals surface area contributed by atoms with Crippen molar-refractivity contribution in [2.24, 2.45) is 0 Å². The molecule has 14 heavy (non-hydrogen) atoms. The lowest BCUT2D eigenvalue weighted by molar-refractivity contribution is 0.00348. The predicted molar refractivity (Wildman–Crippen MR) is 56.5 cm³/mol. The van der Waals surface area contributed by atoms with Gasteiger partial charge < -0.3 is 9.84 Å². The molecule has 1 fully saturated rings. The van der Waals surface area contributed by atoms with Crippen LogP contribution in [-0.4, -0.2) is 42.9 Å². The fraction of sp³-hybridized carbons (Fsp3) is 0.600. The second-order valence-electron chi connectivity index (χ2n) is 3.36. The normalized spacial score (nSPS) is 20.9. The molecule has 1 atom stereocenters. The molecule has 1 aliphatic rings. The van der Waals surface area contributed by atoms with Crippen molar-refractivity contribution in [2.45, 2.75) is 6.04 Å². The minimum Gasteiger partial charge on any atom is -0.394 e. The van der Waals surface area contributed by atoms with E-state index in [1.807, 2.05) is 6.07 Å². The molecule has 78 valence electrons. The third-order valence-corrected chi connectivity index (χ3v) is 3.50. The summed E-state index contributed by atoms with van der Waals surface area (Å²) in [6.45, 7) is 3.59. The van der Waals surface area contributed by atoms with Crippen molar-refractivity contribution in [3.8, 4) is 0 Å². The van der Waals surface area contributed by atoms with Crippen LogP contribution in [0.2, 0.25) is 0 Å². The van der Waals surface area contributed by atoms with Crippen LogP contribution >= 0.6 is 11.3 Å². The second kappa shape index (κ2) is 4.89. The number of morpholine rings is 1. The first kappa shape index (κ1) is 10.1. The minimum atomic E-state index is 0.166. The second-order valence-corrected chi connectivity index (χ2v) is 4.34. The van der Waals surface area contributed by atoms with E-state index in [4.69, 9.17) is 4.74 Å². The molecule has 0 amide bonds. The zero-order chi connectivity index (χ0) is 9.80. The highest BCUT2D eigenvalue weighted by Gasteiger charge is 2.22. The van der Waals surface area contributed by atoms with Gasteiger partial charge in [0.2, 0.25) is 0 Å². The summed E-state index contributed by atoms with van der Waals surface area (Å²) in [6, 6.07) is 4.28. The van der Waals surface area contributed by atoms with Crippen LogP contribution in [0.3, 0.4) is 0 Å². The molecule has 2 heterocycles. The zero-order valence-corrected chi connectivity index (χ0v) is 8.87. The van der Waals surface area contributed by atoms with Gasteiger partial charge in [0.05, 0.1) is 25.9 Å². The van der Waals surface area contributed by atoms with Crippen LogP contribution in [0, 0.1) is 0 Å². The summed E-state index contributed by atoms with van der Waals surface area (Å²) in [5.74, 6) is 0. The molecule has 1 aliphatic heterocycles. The molecule has 0 bridgehead atoms. The fourth-order valence-electron chi connectivity index (χ4n) is 1.76. The lowest BCUT2D eigenvalue weighted by atomic mass is 10.2. The molecule has 1 N–H and O–H groups in total. The number of hydrogen-bond donors (Lipinski definition) is 1. The Bertz CT molecular complexity index is 257. The van der Waals surface area contributed by atoms with E-state index in [0.29, 0.717) is 0 Å². The van der Waals surface area contributed by atoms with E-state index in [0.717, 1.165) is 26.3 Å². The van der Waals surface area contributed by atoms with Crippen molar-refractivity contribution in [1.29, 1.82) is 0 Å². The number of thiophene rings is 1. The van der Waals surface area contributed by atoms with E-state index < -0.39 is 0 Å². The van der Waals surface area contributed by atoms with Crippen molar-refractivity contribution >= 4 is 11.3 Å². The van der Waals surface area contributed by atoms with Gasteiger partial charge in [-0.15, -0.1) is 11.3 Å². The third kappa shape index (κ3) is 2.15. The van der Waals surface area contributed by atoms with E-state index >= 15 is 0 Å². The maximum atomic E-state index is 9.37.